The quantitative estimate of drug-likeness (QED) is 0.593. The number of hydrogen-bond donors (Lipinski definition) is 3. The van der Waals surface area contributed by atoms with E-state index in [1.54, 1.807) is 5.38 Å². The molecular formula is C20H20N4O2S. The summed E-state index contributed by atoms with van der Waals surface area (Å²) in [5.74, 6) is -0.800. The van der Waals surface area contributed by atoms with Gasteiger partial charge in [0.1, 0.15) is 10.7 Å². The molecule has 3 aromatic rings. The van der Waals surface area contributed by atoms with Crippen molar-refractivity contribution in [2.24, 2.45) is 0 Å². The fourth-order valence-electron chi connectivity index (χ4n) is 2.30. The SMILES string of the molecule is Cc1ccc(NCC(=O)NNC(=O)c2csc(-c3ccc(C)cc3)n2)cc1. The van der Waals surface area contributed by atoms with Gasteiger partial charge in [-0.2, -0.15) is 0 Å². The summed E-state index contributed by atoms with van der Waals surface area (Å²) in [5, 5.41) is 5.41. The Hall–Kier alpha value is -3.19. The largest absolute Gasteiger partial charge is 0.376 e. The van der Waals surface area contributed by atoms with Crippen molar-refractivity contribution in [1.29, 1.82) is 0 Å². The molecule has 0 aliphatic carbocycles. The zero-order chi connectivity index (χ0) is 19.2. The second-order valence-electron chi connectivity index (χ2n) is 6.13. The number of aryl methyl sites for hydroxylation is 2. The summed E-state index contributed by atoms with van der Waals surface area (Å²) in [6, 6.07) is 15.6. The number of rotatable bonds is 5. The standard InChI is InChI=1S/C20H20N4O2S/c1-13-3-7-15(8-4-13)20-22-17(12-27-20)19(26)24-23-18(25)11-21-16-9-5-14(2)6-10-16/h3-10,12,21H,11H2,1-2H3,(H,23,25)(H,24,26). The second-order valence-corrected chi connectivity index (χ2v) is 6.98. The highest BCUT2D eigenvalue weighted by Gasteiger charge is 2.12. The van der Waals surface area contributed by atoms with Crippen LogP contribution < -0.4 is 16.2 Å². The lowest BCUT2D eigenvalue weighted by atomic mass is 10.2. The number of hydrogen-bond acceptors (Lipinski definition) is 5. The van der Waals surface area contributed by atoms with Crippen LogP contribution in [0.25, 0.3) is 10.6 Å². The van der Waals surface area contributed by atoms with Gasteiger partial charge in [0.05, 0.1) is 6.54 Å². The number of nitrogens with zero attached hydrogens (tertiary/aromatic N) is 1. The number of aromatic nitrogens is 1. The van der Waals surface area contributed by atoms with Gasteiger partial charge in [-0.1, -0.05) is 47.5 Å². The van der Waals surface area contributed by atoms with Crippen LogP contribution >= 0.6 is 11.3 Å². The zero-order valence-electron chi connectivity index (χ0n) is 15.1. The number of benzene rings is 2. The molecule has 1 aromatic heterocycles. The second kappa shape index (κ2) is 8.46. The van der Waals surface area contributed by atoms with E-state index in [0.717, 1.165) is 27.4 Å². The molecule has 0 spiro atoms. The molecule has 0 fully saturated rings. The van der Waals surface area contributed by atoms with E-state index in [-0.39, 0.29) is 18.1 Å². The Kier molecular flexibility index (Phi) is 5.83. The van der Waals surface area contributed by atoms with Crippen LogP contribution in [0.2, 0.25) is 0 Å². The number of anilines is 1. The van der Waals surface area contributed by atoms with Gasteiger partial charge in [-0.3, -0.25) is 20.4 Å². The number of thiazole rings is 1. The Morgan fingerprint density at radius 2 is 1.56 bits per heavy atom. The summed E-state index contributed by atoms with van der Waals surface area (Å²) in [6.07, 6.45) is 0. The van der Waals surface area contributed by atoms with Crippen LogP contribution in [0.15, 0.2) is 53.9 Å². The number of nitrogens with one attached hydrogen (secondary N) is 3. The van der Waals surface area contributed by atoms with Crippen LogP contribution in [0.1, 0.15) is 21.6 Å². The van der Waals surface area contributed by atoms with Crippen molar-refractivity contribution in [2.45, 2.75) is 13.8 Å². The lowest BCUT2D eigenvalue weighted by Crippen LogP contribution is -2.44. The number of carbonyl (C=O) groups excluding carboxylic acids is 2. The van der Waals surface area contributed by atoms with Gasteiger partial charge in [-0.05, 0) is 26.0 Å². The van der Waals surface area contributed by atoms with E-state index in [4.69, 9.17) is 0 Å². The Morgan fingerprint density at radius 1 is 0.926 bits per heavy atom. The third-order valence-corrected chi connectivity index (χ3v) is 4.75. The normalized spacial score (nSPS) is 10.3. The summed E-state index contributed by atoms with van der Waals surface area (Å²) >= 11 is 1.38. The molecule has 1 heterocycles. The lowest BCUT2D eigenvalue weighted by molar-refractivity contribution is -0.120. The molecule has 6 nitrogen and oxygen atoms in total. The van der Waals surface area contributed by atoms with Crippen molar-refractivity contribution >= 4 is 28.8 Å². The predicted molar refractivity (Wildman–Crippen MR) is 108 cm³/mol. The first-order chi connectivity index (χ1) is 13.0. The summed E-state index contributed by atoms with van der Waals surface area (Å²) in [4.78, 5) is 28.4. The maximum absolute atomic E-state index is 12.2. The minimum atomic E-state index is -0.451. The topological polar surface area (TPSA) is 83.1 Å². The smallest absolute Gasteiger partial charge is 0.289 e. The van der Waals surface area contributed by atoms with E-state index in [2.05, 4.69) is 21.2 Å². The number of amides is 2. The molecule has 0 aliphatic heterocycles. The molecule has 0 atom stereocenters. The van der Waals surface area contributed by atoms with Crippen molar-refractivity contribution in [3.63, 3.8) is 0 Å². The van der Waals surface area contributed by atoms with Crippen molar-refractivity contribution in [2.75, 3.05) is 11.9 Å². The first kappa shape index (κ1) is 18.6. The van der Waals surface area contributed by atoms with Crippen molar-refractivity contribution in [1.82, 2.24) is 15.8 Å². The molecular weight excluding hydrogens is 360 g/mol. The Bertz CT molecular complexity index is 933. The molecule has 3 N–H and O–H groups in total. The molecule has 0 saturated heterocycles. The zero-order valence-corrected chi connectivity index (χ0v) is 15.9. The Balaban J connectivity index is 1.49. The first-order valence-electron chi connectivity index (χ1n) is 8.43. The number of hydrazine groups is 1. The van der Waals surface area contributed by atoms with Gasteiger partial charge >= 0.3 is 0 Å². The van der Waals surface area contributed by atoms with Gasteiger partial charge in [0.25, 0.3) is 11.8 Å². The van der Waals surface area contributed by atoms with Crippen LogP contribution in [0, 0.1) is 13.8 Å². The van der Waals surface area contributed by atoms with E-state index in [1.165, 1.54) is 11.3 Å². The van der Waals surface area contributed by atoms with Crippen molar-refractivity contribution in [3.8, 4) is 10.6 Å². The van der Waals surface area contributed by atoms with E-state index in [9.17, 15) is 9.59 Å². The fourth-order valence-corrected chi connectivity index (χ4v) is 3.10. The maximum Gasteiger partial charge on any atom is 0.289 e. The lowest BCUT2D eigenvalue weighted by Gasteiger charge is -2.08. The summed E-state index contributed by atoms with van der Waals surface area (Å²) in [7, 11) is 0. The van der Waals surface area contributed by atoms with Crippen molar-refractivity contribution in [3.05, 3.63) is 70.7 Å². The van der Waals surface area contributed by atoms with Gasteiger partial charge in [-0.15, -0.1) is 11.3 Å². The minimum Gasteiger partial charge on any atom is -0.376 e. The van der Waals surface area contributed by atoms with E-state index in [0.29, 0.717) is 0 Å². The average Bonchev–Trinajstić information content (AvgIpc) is 3.16. The highest BCUT2D eigenvalue weighted by Crippen LogP contribution is 2.23. The van der Waals surface area contributed by atoms with Crippen LogP contribution in [-0.2, 0) is 4.79 Å². The van der Waals surface area contributed by atoms with E-state index >= 15 is 0 Å². The van der Waals surface area contributed by atoms with Gasteiger partial charge in [0.2, 0.25) is 0 Å². The monoisotopic (exact) mass is 380 g/mol. The molecule has 0 radical (unpaired) electrons. The predicted octanol–water partition coefficient (Wildman–Crippen LogP) is 3.30. The van der Waals surface area contributed by atoms with E-state index < -0.39 is 5.91 Å². The third kappa shape index (κ3) is 5.15. The Morgan fingerprint density at radius 3 is 2.22 bits per heavy atom. The molecule has 2 aromatic carbocycles. The molecule has 0 unspecified atom stereocenters. The highest BCUT2D eigenvalue weighted by molar-refractivity contribution is 7.13. The average molecular weight is 380 g/mol. The highest BCUT2D eigenvalue weighted by atomic mass is 32.1. The first-order valence-corrected chi connectivity index (χ1v) is 9.31. The maximum atomic E-state index is 12.2. The van der Waals surface area contributed by atoms with Gasteiger partial charge in [-0.25, -0.2) is 4.98 Å². The third-order valence-electron chi connectivity index (χ3n) is 3.86. The van der Waals surface area contributed by atoms with E-state index in [1.807, 2.05) is 62.4 Å². The molecule has 7 heteroatoms. The fraction of sp³-hybridized carbons (Fsp3) is 0.150. The van der Waals surface area contributed by atoms with Crippen LogP contribution in [0.4, 0.5) is 5.69 Å². The van der Waals surface area contributed by atoms with Gasteiger partial charge in [0.15, 0.2) is 0 Å². The van der Waals surface area contributed by atoms with Crippen LogP contribution in [0.3, 0.4) is 0 Å². The molecule has 2 amide bonds. The Labute approximate surface area is 161 Å². The van der Waals surface area contributed by atoms with Crippen LogP contribution in [0.5, 0.6) is 0 Å². The van der Waals surface area contributed by atoms with Gasteiger partial charge < -0.3 is 5.32 Å². The van der Waals surface area contributed by atoms with Crippen LogP contribution in [-0.4, -0.2) is 23.3 Å². The van der Waals surface area contributed by atoms with Gasteiger partial charge in [0, 0.05) is 16.6 Å². The van der Waals surface area contributed by atoms with Crippen molar-refractivity contribution < 1.29 is 9.59 Å². The molecule has 138 valence electrons. The molecule has 3 rings (SSSR count). The summed E-state index contributed by atoms with van der Waals surface area (Å²) in [5.41, 5.74) is 9.13. The minimum absolute atomic E-state index is 0.0506. The molecule has 0 saturated carbocycles. The number of carbonyl (C=O) groups is 2. The molecule has 27 heavy (non-hydrogen) atoms. The molecule has 0 bridgehead atoms. The summed E-state index contributed by atoms with van der Waals surface area (Å²) in [6.45, 7) is 4.06. The summed E-state index contributed by atoms with van der Waals surface area (Å²) < 4.78 is 0. The molecule has 0 aliphatic rings.